The number of para-hydroxylation sites is 1. The zero-order valence-corrected chi connectivity index (χ0v) is 13.7. The number of likely N-dealkylation sites (N-methyl/N-ethyl adjacent to an activating group) is 1. The minimum Gasteiger partial charge on any atom is -0.457 e. The second kappa shape index (κ2) is 4.64. The third-order valence-corrected chi connectivity index (χ3v) is 5.48. The molecule has 2 unspecified atom stereocenters. The summed E-state index contributed by atoms with van der Waals surface area (Å²) in [4.78, 5) is 2.49. The van der Waals surface area contributed by atoms with Crippen LogP contribution < -0.4 is 4.74 Å². The number of rotatable bonds is 0. The maximum absolute atomic E-state index is 6.34. The molecule has 116 valence electrons. The summed E-state index contributed by atoms with van der Waals surface area (Å²) in [6.07, 6.45) is 2.54. The molecule has 0 radical (unpaired) electrons. The standard InChI is InChI=1S/C21H21NO/c1-13-7-10-19-16(11-13)17-12-22(2)21(14-8-9-14)20(17)15-5-3-4-6-18(15)23-19/h3-7,10-11,17,20H,8-9,12H2,1-2H3. The van der Waals surface area contributed by atoms with Crippen molar-refractivity contribution in [2.24, 2.45) is 0 Å². The third kappa shape index (κ3) is 1.94. The molecule has 2 aromatic carbocycles. The number of allylic oxidation sites excluding steroid dienone is 2. The fourth-order valence-electron chi connectivity index (χ4n) is 4.38. The number of fused-ring (bicyclic) bond motifs is 5. The average Bonchev–Trinajstić information content (AvgIpc) is 3.33. The summed E-state index contributed by atoms with van der Waals surface area (Å²) in [5.41, 5.74) is 7.23. The number of hydrogen-bond acceptors (Lipinski definition) is 2. The van der Waals surface area contributed by atoms with Crippen molar-refractivity contribution in [1.29, 1.82) is 0 Å². The predicted octanol–water partition coefficient (Wildman–Crippen LogP) is 4.96. The zero-order chi connectivity index (χ0) is 15.6. The van der Waals surface area contributed by atoms with Crippen molar-refractivity contribution in [2.75, 3.05) is 13.6 Å². The van der Waals surface area contributed by atoms with Crippen LogP contribution in [0.5, 0.6) is 11.5 Å². The van der Waals surface area contributed by atoms with Crippen molar-refractivity contribution in [3.8, 4) is 11.5 Å². The van der Waals surface area contributed by atoms with Crippen molar-refractivity contribution in [1.82, 2.24) is 4.90 Å². The van der Waals surface area contributed by atoms with Gasteiger partial charge in [-0.3, -0.25) is 0 Å². The van der Waals surface area contributed by atoms with Crippen LogP contribution in [0.3, 0.4) is 0 Å². The van der Waals surface area contributed by atoms with E-state index in [4.69, 9.17) is 4.74 Å². The Labute approximate surface area is 137 Å². The van der Waals surface area contributed by atoms with Gasteiger partial charge in [-0.05, 0) is 37.5 Å². The molecule has 2 heterocycles. The van der Waals surface area contributed by atoms with Crippen LogP contribution in [0.15, 0.2) is 53.7 Å². The van der Waals surface area contributed by atoms with E-state index in [1.54, 1.807) is 11.3 Å². The molecule has 0 N–H and O–H groups in total. The fourth-order valence-corrected chi connectivity index (χ4v) is 4.38. The van der Waals surface area contributed by atoms with Crippen LogP contribution in [0.4, 0.5) is 0 Å². The quantitative estimate of drug-likeness (QED) is 0.682. The Balaban J connectivity index is 1.79. The molecule has 1 saturated carbocycles. The average molecular weight is 303 g/mol. The molecule has 5 rings (SSSR count). The van der Waals surface area contributed by atoms with Gasteiger partial charge in [0, 0.05) is 42.3 Å². The van der Waals surface area contributed by atoms with E-state index in [0.29, 0.717) is 11.8 Å². The van der Waals surface area contributed by atoms with Gasteiger partial charge in [-0.25, -0.2) is 0 Å². The zero-order valence-electron chi connectivity index (χ0n) is 13.7. The number of benzene rings is 2. The molecule has 0 amide bonds. The van der Waals surface area contributed by atoms with Gasteiger partial charge in [0.25, 0.3) is 0 Å². The van der Waals surface area contributed by atoms with Crippen LogP contribution >= 0.6 is 0 Å². The maximum atomic E-state index is 6.34. The molecular weight excluding hydrogens is 282 g/mol. The Hall–Kier alpha value is -2.22. The molecule has 2 nitrogen and oxygen atoms in total. The first-order valence-electron chi connectivity index (χ1n) is 8.53. The molecule has 2 heteroatoms. The van der Waals surface area contributed by atoms with E-state index in [9.17, 15) is 0 Å². The van der Waals surface area contributed by atoms with Crippen LogP contribution in [0.25, 0.3) is 0 Å². The second-order valence-corrected chi connectivity index (χ2v) is 7.13. The fraction of sp³-hybridized carbons (Fsp3) is 0.333. The molecule has 1 saturated heterocycles. The molecule has 2 fully saturated rings. The van der Waals surface area contributed by atoms with E-state index >= 15 is 0 Å². The number of hydrogen-bond donors (Lipinski definition) is 0. The van der Waals surface area contributed by atoms with Gasteiger partial charge in [-0.15, -0.1) is 0 Å². The largest absolute Gasteiger partial charge is 0.457 e. The Kier molecular flexibility index (Phi) is 2.67. The Morgan fingerprint density at radius 1 is 1.00 bits per heavy atom. The summed E-state index contributed by atoms with van der Waals surface area (Å²) in [5.74, 6) is 2.99. The second-order valence-electron chi connectivity index (χ2n) is 7.13. The summed E-state index contributed by atoms with van der Waals surface area (Å²) < 4.78 is 6.34. The highest BCUT2D eigenvalue weighted by atomic mass is 16.5. The lowest BCUT2D eigenvalue weighted by Gasteiger charge is -2.20. The topological polar surface area (TPSA) is 12.5 Å². The van der Waals surface area contributed by atoms with Gasteiger partial charge < -0.3 is 9.64 Å². The molecule has 0 spiro atoms. The van der Waals surface area contributed by atoms with Crippen LogP contribution in [0, 0.1) is 6.92 Å². The monoisotopic (exact) mass is 303 g/mol. The third-order valence-electron chi connectivity index (χ3n) is 5.48. The summed E-state index contributed by atoms with van der Waals surface area (Å²) in [5, 5.41) is 0. The van der Waals surface area contributed by atoms with E-state index in [0.717, 1.165) is 18.0 Å². The minimum atomic E-state index is 0.441. The molecule has 2 aromatic rings. The van der Waals surface area contributed by atoms with Crippen molar-refractivity contribution in [2.45, 2.75) is 31.6 Å². The highest BCUT2D eigenvalue weighted by Crippen LogP contribution is 2.56. The first kappa shape index (κ1) is 13.2. The highest BCUT2D eigenvalue weighted by Gasteiger charge is 2.44. The Bertz CT molecular complexity index is 829. The molecule has 0 bridgehead atoms. The molecule has 23 heavy (non-hydrogen) atoms. The smallest absolute Gasteiger partial charge is 0.131 e. The van der Waals surface area contributed by atoms with Crippen LogP contribution in [-0.4, -0.2) is 18.5 Å². The molecule has 1 aliphatic carbocycles. The van der Waals surface area contributed by atoms with Gasteiger partial charge in [0.2, 0.25) is 0 Å². The lowest BCUT2D eigenvalue weighted by atomic mass is 9.82. The highest BCUT2D eigenvalue weighted by molar-refractivity contribution is 5.55. The van der Waals surface area contributed by atoms with E-state index in [2.05, 4.69) is 61.3 Å². The normalized spacial score (nSPS) is 24.5. The van der Waals surface area contributed by atoms with Crippen molar-refractivity contribution in [3.63, 3.8) is 0 Å². The first-order chi connectivity index (χ1) is 11.2. The van der Waals surface area contributed by atoms with Gasteiger partial charge in [0.15, 0.2) is 0 Å². The van der Waals surface area contributed by atoms with E-state index in [1.165, 1.54) is 29.5 Å². The van der Waals surface area contributed by atoms with Crippen molar-refractivity contribution >= 4 is 0 Å². The first-order valence-corrected chi connectivity index (χ1v) is 8.53. The maximum Gasteiger partial charge on any atom is 0.131 e. The lowest BCUT2D eigenvalue weighted by molar-refractivity contribution is 0.449. The van der Waals surface area contributed by atoms with Crippen LogP contribution in [-0.2, 0) is 0 Å². The SMILES string of the molecule is Cc1ccc2c(c1)C1CN(C)C(=C3CC3)C1c1ccccc1O2. The van der Waals surface area contributed by atoms with E-state index in [1.807, 2.05) is 0 Å². The summed E-state index contributed by atoms with van der Waals surface area (Å²) >= 11 is 0. The van der Waals surface area contributed by atoms with Gasteiger partial charge in [-0.1, -0.05) is 35.9 Å². The molecule has 2 atom stereocenters. The predicted molar refractivity (Wildman–Crippen MR) is 92.1 cm³/mol. The van der Waals surface area contributed by atoms with Crippen LogP contribution in [0.1, 0.15) is 41.4 Å². The minimum absolute atomic E-state index is 0.441. The molecular formula is C21H21NO. The van der Waals surface area contributed by atoms with Gasteiger partial charge in [-0.2, -0.15) is 0 Å². The molecule has 0 aromatic heterocycles. The van der Waals surface area contributed by atoms with Crippen LogP contribution in [0.2, 0.25) is 0 Å². The van der Waals surface area contributed by atoms with Gasteiger partial charge in [0.1, 0.15) is 11.5 Å². The number of likely N-dealkylation sites (tertiary alicyclic amines) is 1. The number of nitrogens with zero attached hydrogens (tertiary/aromatic N) is 1. The van der Waals surface area contributed by atoms with E-state index in [-0.39, 0.29) is 0 Å². The summed E-state index contributed by atoms with van der Waals surface area (Å²) in [7, 11) is 2.26. The summed E-state index contributed by atoms with van der Waals surface area (Å²) in [6.45, 7) is 3.25. The lowest BCUT2D eigenvalue weighted by Crippen LogP contribution is -2.13. The van der Waals surface area contributed by atoms with Crippen molar-refractivity contribution < 1.29 is 4.74 Å². The Morgan fingerprint density at radius 3 is 2.61 bits per heavy atom. The molecule has 3 aliphatic rings. The van der Waals surface area contributed by atoms with Gasteiger partial charge in [0.05, 0.1) is 0 Å². The van der Waals surface area contributed by atoms with Crippen molar-refractivity contribution in [3.05, 3.63) is 70.4 Å². The van der Waals surface area contributed by atoms with E-state index < -0.39 is 0 Å². The Morgan fingerprint density at radius 2 is 1.78 bits per heavy atom. The number of ether oxygens (including phenoxy) is 1. The molecule has 2 aliphatic heterocycles. The number of aryl methyl sites for hydroxylation is 1. The van der Waals surface area contributed by atoms with Gasteiger partial charge >= 0.3 is 0 Å². The summed E-state index contributed by atoms with van der Waals surface area (Å²) in [6, 6.07) is 15.2.